The standard InChI is InChI=1S/C23H25N3O/c1-4-23(5-2)14-17-11-7-8-12-18(17)21(19(23)15-24)26-22(27)25-20-13-9-6-10-16(20)3/h6-13H,4-5,14H2,1-3H3,(H2,25,26,27). The van der Waals surface area contributed by atoms with Crippen LogP contribution < -0.4 is 10.6 Å². The molecule has 2 aromatic rings. The van der Waals surface area contributed by atoms with Gasteiger partial charge in [-0.05, 0) is 43.4 Å². The second kappa shape index (κ2) is 7.67. The molecule has 0 fully saturated rings. The minimum Gasteiger partial charge on any atom is -0.307 e. The third-order valence-electron chi connectivity index (χ3n) is 5.69. The van der Waals surface area contributed by atoms with Gasteiger partial charge in [0, 0.05) is 16.7 Å². The maximum absolute atomic E-state index is 12.7. The molecular weight excluding hydrogens is 334 g/mol. The van der Waals surface area contributed by atoms with E-state index in [1.54, 1.807) is 0 Å². The van der Waals surface area contributed by atoms with Gasteiger partial charge < -0.3 is 10.6 Å². The van der Waals surface area contributed by atoms with E-state index in [-0.39, 0.29) is 11.4 Å². The van der Waals surface area contributed by atoms with Crippen molar-refractivity contribution in [1.82, 2.24) is 5.32 Å². The van der Waals surface area contributed by atoms with Crippen molar-refractivity contribution in [3.8, 4) is 6.07 Å². The highest BCUT2D eigenvalue weighted by Crippen LogP contribution is 2.46. The molecule has 0 bridgehead atoms. The Morgan fingerprint density at radius 1 is 1.07 bits per heavy atom. The average molecular weight is 359 g/mol. The molecule has 0 saturated heterocycles. The summed E-state index contributed by atoms with van der Waals surface area (Å²) in [6, 6.07) is 17.7. The van der Waals surface area contributed by atoms with Crippen molar-refractivity contribution < 1.29 is 4.79 Å². The molecular formula is C23H25N3O. The van der Waals surface area contributed by atoms with Crippen LogP contribution in [0.3, 0.4) is 0 Å². The molecule has 27 heavy (non-hydrogen) atoms. The molecule has 0 unspecified atom stereocenters. The van der Waals surface area contributed by atoms with Crippen molar-refractivity contribution in [2.45, 2.75) is 40.0 Å². The molecule has 4 heteroatoms. The fraction of sp³-hybridized carbons (Fsp3) is 0.304. The lowest BCUT2D eigenvalue weighted by molar-refractivity contribution is 0.255. The van der Waals surface area contributed by atoms with Gasteiger partial charge in [0.25, 0.3) is 0 Å². The fourth-order valence-corrected chi connectivity index (χ4v) is 3.91. The zero-order valence-electron chi connectivity index (χ0n) is 16.1. The molecule has 2 amide bonds. The molecule has 2 N–H and O–H groups in total. The number of nitrogens with zero attached hydrogens (tertiary/aromatic N) is 1. The minimum atomic E-state index is -0.329. The van der Waals surface area contributed by atoms with Crippen LogP contribution in [0.5, 0.6) is 0 Å². The van der Waals surface area contributed by atoms with Crippen LogP contribution in [0.25, 0.3) is 5.70 Å². The number of para-hydroxylation sites is 1. The smallest absolute Gasteiger partial charge is 0.307 e. The van der Waals surface area contributed by atoms with Gasteiger partial charge in [0.1, 0.15) is 0 Å². The van der Waals surface area contributed by atoms with Crippen molar-refractivity contribution >= 4 is 17.4 Å². The van der Waals surface area contributed by atoms with Gasteiger partial charge in [-0.25, -0.2) is 4.79 Å². The Morgan fingerprint density at radius 3 is 2.41 bits per heavy atom. The number of nitriles is 1. The summed E-state index contributed by atoms with van der Waals surface area (Å²) >= 11 is 0. The number of hydrogen-bond donors (Lipinski definition) is 2. The SMILES string of the molecule is CCC1(CC)Cc2ccccc2C(NC(=O)Nc2ccccc2C)=C1C#N. The summed E-state index contributed by atoms with van der Waals surface area (Å²) in [6.07, 6.45) is 2.53. The van der Waals surface area contributed by atoms with Gasteiger partial charge >= 0.3 is 6.03 Å². The third-order valence-corrected chi connectivity index (χ3v) is 5.69. The summed E-state index contributed by atoms with van der Waals surface area (Å²) in [5, 5.41) is 15.8. The lowest BCUT2D eigenvalue weighted by Gasteiger charge is -2.38. The molecule has 0 atom stereocenters. The third kappa shape index (κ3) is 3.46. The number of hydrogen-bond acceptors (Lipinski definition) is 2. The van der Waals surface area contributed by atoms with Gasteiger partial charge in [-0.15, -0.1) is 0 Å². The van der Waals surface area contributed by atoms with Crippen molar-refractivity contribution in [1.29, 1.82) is 5.26 Å². The predicted octanol–water partition coefficient (Wildman–Crippen LogP) is 5.41. The first kappa shape index (κ1) is 18.7. The summed E-state index contributed by atoms with van der Waals surface area (Å²) < 4.78 is 0. The van der Waals surface area contributed by atoms with E-state index < -0.39 is 0 Å². The lowest BCUT2D eigenvalue weighted by Crippen LogP contribution is -2.36. The molecule has 1 aliphatic carbocycles. The molecule has 0 aromatic heterocycles. The van der Waals surface area contributed by atoms with E-state index in [9.17, 15) is 10.1 Å². The van der Waals surface area contributed by atoms with Crippen molar-refractivity contribution in [2.24, 2.45) is 5.41 Å². The Morgan fingerprint density at radius 2 is 1.74 bits per heavy atom. The van der Waals surface area contributed by atoms with E-state index in [1.165, 1.54) is 5.56 Å². The van der Waals surface area contributed by atoms with Crippen LogP contribution in [0.2, 0.25) is 0 Å². The van der Waals surface area contributed by atoms with Crippen LogP contribution in [0.15, 0.2) is 54.1 Å². The van der Waals surface area contributed by atoms with E-state index in [2.05, 4.69) is 36.6 Å². The number of carbonyl (C=O) groups is 1. The Hall–Kier alpha value is -3.06. The second-order valence-corrected chi connectivity index (χ2v) is 7.08. The highest BCUT2D eigenvalue weighted by molar-refractivity contribution is 5.97. The molecule has 0 saturated carbocycles. The first-order valence-electron chi connectivity index (χ1n) is 9.41. The number of allylic oxidation sites excluding steroid dienone is 1. The Bertz CT molecular complexity index is 933. The molecule has 0 heterocycles. The average Bonchev–Trinajstić information content (AvgIpc) is 2.69. The zero-order valence-corrected chi connectivity index (χ0v) is 16.1. The van der Waals surface area contributed by atoms with Crippen LogP contribution in [-0.2, 0) is 6.42 Å². The van der Waals surface area contributed by atoms with Crippen LogP contribution in [-0.4, -0.2) is 6.03 Å². The molecule has 0 spiro atoms. The summed E-state index contributed by atoms with van der Waals surface area (Å²) in [5.74, 6) is 0. The Labute approximate surface area is 160 Å². The quantitative estimate of drug-likeness (QED) is 0.766. The molecule has 138 valence electrons. The van der Waals surface area contributed by atoms with Crippen LogP contribution in [0.4, 0.5) is 10.5 Å². The maximum Gasteiger partial charge on any atom is 0.323 e. The van der Waals surface area contributed by atoms with Crippen molar-refractivity contribution in [3.05, 3.63) is 70.8 Å². The van der Waals surface area contributed by atoms with Gasteiger partial charge in [0.05, 0.1) is 17.3 Å². The van der Waals surface area contributed by atoms with E-state index in [0.717, 1.165) is 36.1 Å². The van der Waals surface area contributed by atoms with Gasteiger partial charge in [-0.3, -0.25) is 0 Å². The number of aryl methyl sites for hydroxylation is 1. The normalized spacial score (nSPS) is 14.9. The van der Waals surface area contributed by atoms with Gasteiger partial charge in [-0.1, -0.05) is 56.3 Å². The second-order valence-electron chi connectivity index (χ2n) is 7.08. The van der Waals surface area contributed by atoms with Crippen LogP contribution in [0.1, 0.15) is 43.4 Å². The molecule has 0 aliphatic heterocycles. The first-order chi connectivity index (χ1) is 13.0. The van der Waals surface area contributed by atoms with Crippen molar-refractivity contribution in [3.63, 3.8) is 0 Å². The molecule has 4 nitrogen and oxygen atoms in total. The first-order valence-corrected chi connectivity index (χ1v) is 9.41. The highest BCUT2D eigenvalue weighted by atomic mass is 16.2. The summed E-state index contributed by atoms with van der Waals surface area (Å²) in [7, 11) is 0. The van der Waals surface area contributed by atoms with Crippen molar-refractivity contribution in [2.75, 3.05) is 5.32 Å². The number of benzene rings is 2. The summed E-state index contributed by atoms with van der Waals surface area (Å²) in [5.41, 5.74) is 4.92. The molecule has 3 rings (SSSR count). The molecule has 1 aliphatic rings. The topological polar surface area (TPSA) is 64.9 Å². The number of urea groups is 1. The van der Waals surface area contributed by atoms with Crippen LogP contribution in [0, 0.1) is 23.7 Å². The monoisotopic (exact) mass is 359 g/mol. The van der Waals surface area contributed by atoms with E-state index >= 15 is 0 Å². The zero-order chi connectivity index (χ0) is 19.4. The van der Waals surface area contributed by atoms with Crippen LogP contribution >= 0.6 is 0 Å². The van der Waals surface area contributed by atoms with Gasteiger partial charge in [-0.2, -0.15) is 5.26 Å². The number of rotatable bonds is 4. The minimum absolute atomic E-state index is 0.242. The number of fused-ring (bicyclic) bond motifs is 1. The largest absolute Gasteiger partial charge is 0.323 e. The Kier molecular flexibility index (Phi) is 5.32. The summed E-state index contributed by atoms with van der Waals surface area (Å²) in [4.78, 5) is 12.7. The maximum atomic E-state index is 12.7. The molecule has 0 radical (unpaired) electrons. The van der Waals surface area contributed by atoms with E-state index in [0.29, 0.717) is 11.3 Å². The number of carbonyl (C=O) groups excluding carboxylic acids is 1. The number of nitrogens with one attached hydrogen (secondary N) is 2. The Balaban J connectivity index is 2.01. The fourth-order valence-electron chi connectivity index (χ4n) is 3.91. The van der Waals surface area contributed by atoms with E-state index in [4.69, 9.17) is 0 Å². The van der Waals surface area contributed by atoms with Gasteiger partial charge in [0.2, 0.25) is 0 Å². The number of amides is 2. The van der Waals surface area contributed by atoms with Gasteiger partial charge in [0.15, 0.2) is 0 Å². The lowest BCUT2D eigenvalue weighted by atomic mass is 9.66. The highest BCUT2D eigenvalue weighted by Gasteiger charge is 2.39. The molecule has 2 aromatic carbocycles. The van der Waals surface area contributed by atoms with E-state index in [1.807, 2.05) is 49.4 Å². The summed E-state index contributed by atoms with van der Waals surface area (Å²) in [6.45, 7) is 6.17. The number of anilines is 1. The predicted molar refractivity (Wildman–Crippen MR) is 109 cm³/mol.